The molecule has 1 N–H and O–H groups in total. The van der Waals surface area contributed by atoms with Gasteiger partial charge in [-0.3, -0.25) is 9.98 Å². The van der Waals surface area contributed by atoms with Gasteiger partial charge in [-0.25, -0.2) is 0 Å². The zero-order valence-electron chi connectivity index (χ0n) is 23.1. The predicted octanol–water partition coefficient (Wildman–Crippen LogP) is 9.04. The Morgan fingerprint density at radius 1 is 1.03 bits per heavy atom. The van der Waals surface area contributed by atoms with Gasteiger partial charge in [-0.1, -0.05) is 86.0 Å². The van der Waals surface area contributed by atoms with Crippen molar-refractivity contribution in [2.75, 3.05) is 0 Å². The summed E-state index contributed by atoms with van der Waals surface area (Å²) in [6.45, 7) is 10.4. The number of nitrogens with zero attached hydrogens (tertiary/aromatic N) is 2. The second-order valence-corrected chi connectivity index (χ2v) is 11.1. The standard InChI is InChI=1S/C23H18N.C11H19NO.Ir/c1-14-7-4-12-20-17(14)13-19-22(24-20)16-10-5-8-15-9-6-11-18(21(15)16)23(19,2)3;1-9(8-10(2)13)12-11-6-4-3-5-7-11;/h4-9,11-13H,1-3H3;8,11,13H,3-7H2,1-2H3;/q-1;;/b;10-8-,12-9?;. The zero-order chi connectivity index (χ0) is 26.2. The number of aromatic nitrogens is 1. The molecule has 0 bridgehead atoms. The fourth-order valence-corrected chi connectivity index (χ4v) is 5.98. The largest absolute Gasteiger partial charge is 0.513 e. The van der Waals surface area contributed by atoms with Crippen molar-refractivity contribution in [2.24, 2.45) is 4.99 Å². The van der Waals surface area contributed by atoms with E-state index < -0.39 is 0 Å². The monoisotopic (exact) mass is 682 g/mol. The molecule has 6 rings (SSSR count). The van der Waals surface area contributed by atoms with Crippen LogP contribution in [0.4, 0.5) is 0 Å². The molecule has 1 radical (unpaired) electrons. The number of aryl methyl sites for hydroxylation is 1. The maximum atomic E-state index is 9.03. The van der Waals surface area contributed by atoms with Gasteiger partial charge in [-0.2, -0.15) is 0 Å². The van der Waals surface area contributed by atoms with E-state index in [2.05, 4.69) is 80.4 Å². The summed E-state index contributed by atoms with van der Waals surface area (Å²) in [6, 6.07) is 23.4. The van der Waals surface area contributed by atoms with E-state index in [0.717, 1.165) is 22.5 Å². The Balaban J connectivity index is 0.000000207. The first kappa shape index (κ1) is 28.2. The van der Waals surface area contributed by atoms with Gasteiger partial charge in [0.05, 0.1) is 17.3 Å². The Morgan fingerprint density at radius 2 is 1.76 bits per heavy atom. The summed E-state index contributed by atoms with van der Waals surface area (Å²) in [5.74, 6) is 0.344. The summed E-state index contributed by atoms with van der Waals surface area (Å²) in [5, 5.41) is 12.9. The van der Waals surface area contributed by atoms with Crippen LogP contribution in [0.5, 0.6) is 0 Å². The van der Waals surface area contributed by atoms with Crippen LogP contribution in [-0.4, -0.2) is 21.8 Å². The van der Waals surface area contributed by atoms with Gasteiger partial charge >= 0.3 is 0 Å². The van der Waals surface area contributed by atoms with Crippen molar-refractivity contribution >= 4 is 27.4 Å². The molecule has 1 fully saturated rings. The predicted molar refractivity (Wildman–Crippen MR) is 157 cm³/mol. The van der Waals surface area contributed by atoms with Crippen molar-refractivity contribution in [1.29, 1.82) is 0 Å². The first-order valence-electron chi connectivity index (χ1n) is 13.5. The van der Waals surface area contributed by atoms with Crippen LogP contribution >= 0.6 is 0 Å². The molecule has 4 heteroatoms. The van der Waals surface area contributed by atoms with Gasteiger partial charge in [0.2, 0.25) is 0 Å². The average Bonchev–Trinajstić information content (AvgIpc) is 2.87. The van der Waals surface area contributed by atoms with Crippen LogP contribution in [0.1, 0.15) is 76.5 Å². The number of rotatable bonds is 2. The average molecular weight is 682 g/mol. The van der Waals surface area contributed by atoms with Crippen LogP contribution < -0.4 is 0 Å². The summed E-state index contributed by atoms with van der Waals surface area (Å²) in [6.07, 6.45) is 8.15. The van der Waals surface area contributed by atoms with Crippen molar-refractivity contribution in [1.82, 2.24) is 4.98 Å². The molecule has 2 aliphatic carbocycles. The molecule has 4 aromatic rings. The third-order valence-electron chi connectivity index (χ3n) is 7.88. The van der Waals surface area contributed by atoms with Crippen molar-refractivity contribution in [3.8, 4) is 11.3 Å². The number of allylic oxidation sites excluding steroid dienone is 2. The summed E-state index contributed by atoms with van der Waals surface area (Å²) < 4.78 is 0. The van der Waals surface area contributed by atoms with Crippen LogP contribution in [0.15, 0.2) is 71.4 Å². The minimum atomic E-state index is -0.0689. The van der Waals surface area contributed by atoms with E-state index in [0.29, 0.717) is 11.8 Å². The van der Waals surface area contributed by atoms with Gasteiger partial charge < -0.3 is 5.11 Å². The molecule has 38 heavy (non-hydrogen) atoms. The van der Waals surface area contributed by atoms with Crippen molar-refractivity contribution < 1.29 is 25.2 Å². The number of aliphatic hydroxyl groups is 1. The molecule has 0 saturated heterocycles. The Morgan fingerprint density at radius 3 is 2.50 bits per heavy atom. The molecule has 0 spiro atoms. The molecular formula is C34H37IrN2O-. The van der Waals surface area contributed by atoms with E-state index >= 15 is 0 Å². The zero-order valence-corrected chi connectivity index (χ0v) is 25.5. The molecule has 1 saturated carbocycles. The molecule has 2 aliphatic rings. The Hall–Kier alpha value is -2.81. The van der Waals surface area contributed by atoms with E-state index in [1.165, 1.54) is 65.0 Å². The second kappa shape index (κ2) is 11.5. The maximum absolute atomic E-state index is 9.03. The molecule has 0 amide bonds. The topological polar surface area (TPSA) is 45.5 Å². The van der Waals surface area contributed by atoms with Gasteiger partial charge in [0, 0.05) is 36.6 Å². The van der Waals surface area contributed by atoms with Crippen LogP contribution in [0.2, 0.25) is 0 Å². The molecule has 3 aromatic carbocycles. The van der Waals surface area contributed by atoms with Crippen molar-refractivity contribution in [3.63, 3.8) is 0 Å². The number of hydrogen-bond donors (Lipinski definition) is 1. The maximum Gasteiger partial charge on any atom is 0.0909 e. The van der Waals surface area contributed by atoms with Gasteiger partial charge in [0.15, 0.2) is 0 Å². The molecule has 0 unspecified atom stereocenters. The number of hydrogen-bond acceptors (Lipinski definition) is 3. The number of fused-ring (bicyclic) bond motifs is 3. The Bertz CT molecular complexity index is 1520. The summed E-state index contributed by atoms with van der Waals surface area (Å²) in [4.78, 5) is 9.62. The first-order chi connectivity index (χ1) is 17.8. The summed E-state index contributed by atoms with van der Waals surface area (Å²) in [7, 11) is 0. The van der Waals surface area contributed by atoms with E-state index in [9.17, 15) is 0 Å². The van der Waals surface area contributed by atoms with Crippen LogP contribution in [-0.2, 0) is 25.5 Å². The Labute approximate surface area is 240 Å². The molecule has 3 nitrogen and oxygen atoms in total. The molecular weight excluding hydrogens is 645 g/mol. The van der Waals surface area contributed by atoms with Crippen LogP contribution in [0, 0.1) is 13.0 Å². The fraction of sp³-hybridized carbons (Fsp3) is 0.353. The fourth-order valence-electron chi connectivity index (χ4n) is 5.98. The SMILES string of the molecule is CC(/C=C(/C)O)=NC1CCCCC1.Cc1cccc2nc3c(cc12)C(C)(C)c1cccc2cc[c-]c-3c12.[Ir]. The molecule has 0 atom stereocenters. The van der Waals surface area contributed by atoms with Crippen molar-refractivity contribution in [3.05, 3.63) is 89.2 Å². The quantitative estimate of drug-likeness (QED) is 0.130. The molecule has 0 aliphatic heterocycles. The first-order valence-corrected chi connectivity index (χ1v) is 13.5. The number of aliphatic hydroxyl groups excluding tert-OH is 1. The van der Waals surface area contributed by atoms with E-state index in [-0.39, 0.29) is 25.5 Å². The summed E-state index contributed by atoms with van der Waals surface area (Å²) >= 11 is 0. The number of benzene rings is 3. The van der Waals surface area contributed by atoms with Crippen LogP contribution in [0.3, 0.4) is 0 Å². The van der Waals surface area contributed by atoms with Gasteiger partial charge in [-0.05, 0) is 57.0 Å². The van der Waals surface area contributed by atoms with Crippen molar-refractivity contribution in [2.45, 2.75) is 78.2 Å². The molecule has 1 aromatic heterocycles. The number of pyridine rings is 1. The summed E-state index contributed by atoms with van der Waals surface area (Å²) in [5.41, 5.74) is 8.12. The van der Waals surface area contributed by atoms with E-state index in [1.54, 1.807) is 13.0 Å². The smallest absolute Gasteiger partial charge is 0.0909 e. The third-order valence-corrected chi connectivity index (χ3v) is 7.88. The third kappa shape index (κ3) is 5.48. The molecule has 199 valence electrons. The van der Waals surface area contributed by atoms with Gasteiger partial charge in [0.25, 0.3) is 0 Å². The van der Waals surface area contributed by atoms with Gasteiger partial charge in [-0.15, -0.1) is 29.1 Å². The van der Waals surface area contributed by atoms with Gasteiger partial charge in [0.1, 0.15) is 0 Å². The van der Waals surface area contributed by atoms with E-state index in [4.69, 9.17) is 10.1 Å². The van der Waals surface area contributed by atoms with Crippen LogP contribution in [0.25, 0.3) is 32.9 Å². The minimum absolute atomic E-state index is 0. The van der Waals surface area contributed by atoms with E-state index in [1.807, 2.05) is 13.0 Å². The number of aliphatic imine (C=N–C) groups is 1. The Kier molecular flexibility index (Phi) is 8.55. The normalized spacial score (nSPS) is 16.9. The second-order valence-electron chi connectivity index (χ2n) is 11.1. The minimum Gasteiger partial charge on any atom is -0.513 e. The molecule has 1 heterocycles.